The van der Waals surface area contributed by atoms with Crippen molar-refractivity contribution in [3.8, 4) is 0 Å². The van der Waals surface area contributed by atoms with Crippen molar-refractivity contribution >= 4 is 29.1 Å². The summed E-state index contributed by atoms with van der Waals surface area (Å²) in [7, 11) is 0. The van der Waals surface area contributed by atoms with Gasteiger partial charge < -0.3 is 10.2 Å². The first-order valence-electron chi connectivity index (χ1n) is 8.25. The van der Waals surface area contributed by atoms with Gasteiger partial charge in [-0.3, -0.25) is 9.59 Å². The minimum atomic E-state index is -0.610. The largest absolute Gasteiger partial charge is 0.338 e. The molecular weight excluding hydrogens is 362 g/mol. The molecule has 2 amide bonds. The minimum absolute atomic E-state index is 0.0568. The highest BCUT2D eigenvalue weighted by Gasteiger charge is 2.29. The summed E-state index contributed by atoms with van der Waals surface area (Å²) in [6.07, 6.45) is 1.27. The third kappa shape index (κ3) is 4.19. The molecule has 1 aliphatic rings. The Hall–Kier alpha value is -2.47. The van der Waals surface area contributed by atoms with E-state index < -0.39 is 17.6 Å². The van der Waals surface area contributed by atoms with Crippen LogP contribution in [0.2, 0.25) is 5.02 Å². The minimum Gasteiger partial charge on any atom is -0.338 e. The van der Waals surface area contributed by atoms with E-state index in [4.69, 9.17) is 11.6 Å². The van der Waals surface area contributed by atoms with E-state index in [2.05, 4.69) is 5.32 Å². The molecule has 0 spiro atoms. The first-order chi connectivity index (χ1) is 12.4. The number of rotatable bonds is 3. The second-order valence-corrected chi connectivity index (χ2v) is 6.65. The van der Waals surface area contributed by atoms with Crippen LogP contribution in [0.5, 0.6) is 0 Å². The van der Waals surface area contributed by atoms with Crippen molar-refractivity contribution in [3.05, 3.63) is 64.7 Å². The number of benzene rings is 2. The average molecular weight is 379 g/mol. The maximum absolute atomic E-state index is 13.8. The van der Waals surface area contributed by atoms with E-state index in [1.165, 1.54) is 36.4 Å². The van der Waals surface area contributed by atoms with E-state index in [9.17, 15) is 18.4 Å². The summed E-state index contributed by atoms with van der Waals surface area (Å²) in [5.74, 6) is -2.06. The summed E-state index contributed by atoms with van der Waals surface area (Å²) in [5.41, 5.74) is 0.428. The second-order valence-electron chi connectivity index (χ2n) is 6.21. The van der Waals surface area contributed by atoms with Gasteiger partial charge in [-0.2, -0.15) is 0 Å². The Labute approximate surface area is 154 Å². The smallest absolute Gasteiger partial charge is 0.253 e. The zero-order chi connectivity index (χ0) is 18.7. The lowest BCUT2D eigenvalue weighted by atomic mass is 9.96. The Morgan fingerprint density at radius 1 is 1.12 bits per heavy atom. The predicted molar refractivity (Wildman–Crippen MR) is 95.1 cm³/mol. The molecule has 0 aliphatic carbocycles. The molecule has 4 nitrogen and oxygen atoms in total. The Kier molecular flexibility index (Phi) is 5.52. The van der Waals surface area contributed by atoms with Crippen LogP contribution in [-0.2, 0) is 4.79 Å². The van der Waals surface area contributed by atoms with Gasteiger partial charge in [0.25, 0.3) is 5.91 Å². The van der Waals surface area contributed by atoms with Gasteiger partial charge in [-0.25, -0.2) is 8.78 Å². The molecule has 1 saturated heterocycles. The molecule has 7 heteroatoms. The van der Waals surface area contributed by atoms with Crippen molar-refractivity contribution in [3.63, 3.8) is 0 Å². The Morgan fingerprint density at radius 2 is 1.85 bits per heavy atom. The molecule has 0 radical (unpaired) electrons. The van der Waals surface area contributed by atoms with Gasteiger partial charge in [0.2, 0.25) is 5.91 Å². The fraction of sp³-hybridized carbons (Fsp3) is 0.263. The standard InChI is InChI=1S/C19H17ClF2N2O2/c20-14-5-8-17(16(22)10-14)23-18(25)13-2-1-9-24(11-13)19(26)12-3-6-15(21)7-4-12/h3-8,10,13H,1-2,9,11H2,(H,23,25). The first-order valence-corrected chi connectivity index (χ1v) is 8.62. The number of piperidine rings is 1. The van der Waals surface area contributed by atoms with Crippen LogP contribution >= 0.6 is 11.6 Å². The third-order valence-electron chi connectivity index (χ3n) is 4.36. The van der Waals surface area contributed by atoms with Crippen LogP contribution in [0.3, 0.4) is 0 Å². The summed E-state index contributed by atoms with van der Waals surface area (Å²) in [6, 6.07) is 9.32. The maximum atomic E-state index is 13.8. The number of hydrogen-bond donors (Lipinski definition) is 1. The van der Waals surface area contributed by atoms with Crippen LogP contribution in [0.15, 0.2) is 42.5 Å². The number of likely N-dealkylation sites (tertiary alicyclic amines) is 1. The molecule has 1 aliphatic heterocycles. The molecule has 1 heterocycles. The Balaban J connectivity index is 1.66. The molecule has 2 aromatic carbocycles. The number of carbonyl (C=O) groups is 2. The zero-order valence-corrected chi connectivity index (χ0v) is 14.6. The van der Waals surface area contributed by atoms with Crippen molar-refractivity contribution in [2.75, 3.05) is 18.4 Å². The topological polar surface area (TPSA) is 49.4 Å². The van der Waals surface area contributed by atoms with Crippen LogP contribution in [0, 0.1) is 17.6 Å². The van der Waals surface area contributed by atoms with Crippen LogP contribution in [0.25, 0.3) is 0 Å². The predicted octanol–water partition coefficient (Wildman–Crippen LogP) is 4.11. The molecule has 1 N–H and O–H groups in total. The highest BCUT2D eigenvalue weighted by Crippen LogP contribution is 2.23. The molecule has 2 aromatic rings. The van der Waals surface area contributed by atoms with Crippen LogP contribution in [-0.4, -0.2) is 29.8 Å². The zero-order valence-electron chi connectivity index (χ0n) is 13.8. The monoisotopic (exact) mass is 378 g/mol. The molecule has 0 saturated carbocycles. The first kappa shape index (κ1) is 18.3. The fourth-order valence-electron chi connectivity index (χ4n) is 2.98. The van der Waals surface area contributed by atoms with Gasteiger partial charge >= 0.3 is 0 Å². The van der Waals surface area contributed by atoms with E-state index in [1.807, 2.05) is 0 Å². The third-order valence-corrected chi connectivity index (χ3v) is 4.59. The number of carbonyl (C=O) groups excluding carboxylic acids is 2. The Bertz CT molecular complexity index is 827. The molecule has 26 heavy (non-hydrogen) atoms. The van der Waals surface area contributed by atoms with Crippen molar-refractivity contribution in [2.45, 2.75) is 12.8 Å². The molecular formula is C19H17ClF2N2O2. The number of nitrogens with zero attached hydrogens (tertiary/aromatic N) is 1. The van der Waals surface area contributed by atoms with Gasteiger partial charge in [-0.05, 0) is 55.3 Å². The fourth-order valence-corrected chi connectivity index (χ4v) is 3.14. The summed E-state index contributed by atoms with van der Waals surface area (Å²) in [4.78, 5) is 26.6. The number of halogens is 3. The Morgan fingerprint density at radius 3 is 2.54 bits per heavy atom. The van der Waals surface area contributed by atoms with Crippen molar-refractivity contribution < 1.29 is 18.4 Å². The van der Waals surface area contributed by atoms with E-state index in [0.717, 1.165) is 6.07 Å². The molecule has 1 unspecified atom stereocenters. The van der Waals surface area contributed by atoms with Gasteiger partial charge in [0.05, 0.1) is 11.6 Å². The normalized spacial score (nSPS) is 17.0. The lowest BCUT2D eigenvalue weighted by Crippen LogP contribution is -2.43. The maximum Gasteiger partial charge on any atom is 0.253 e. The SMILES string of the molecule is O=C(Nc1ccc(Cl)cc1F)C1CCCN(C(=O)c2ccc(F)cc2)C1. The number of hydrogen-bond acceptors (Lipinski definition) is 2. The quantitative estimate of drug-likeness (QED) is 0.873. The van der Waals surface area contributed by atoms with Gasteiger partial charge in [-0.1, -0.05) is 11.6 Å². The van der Waals surface area contributed by atoms with E-state index in [-0.39, 0.29) is 29.1 Å². The second kappa shape index (κ2) is 7.83. The van der Waals surface area contributed by atoms with Crippen LogP contribution < -0.4 is 5.32 Å². The molecule has 3 rings (SSSR count). The lowest BCUT2D eigenvalue weighted by Gasteiger charge is -2.32. The average Bonchev–Trinajstić information content (AvgIpc) is 2.64. The van der Waals surface area contributed by atoms with Crippen LogP contribution in [0.4, 0.5) is 14.5 Å². The molecule has 1 atom stereocenters. The van der Waals surface area contributed by atoms with Crippen molar-refractivity contribution in [1.29, 1.82) is 0 Å². The molecule has 136 valence electrons. The van der Waals surface area contributed by atoms with E-state index in [1.54, 1.807) is 4.90 Å². The van der Waals surface area contributed by atoms with Crippen molar-refractivity contribution in [1.82, 2.24) is 4.90 Å². The molecule has 0 aromatic heterocycles. The van der Waals surface area contributed by atoms with E-state index in [0.29, 0.717) is 24.9 Å². The summed E-state index contributed by atoms with van der Waals surface area (Å²) < 4.78 is 26.9. The van der Waals surface area contributed by atoms with Gasteiger partial charge in [0, 0.05) is 23.7 Å². The summed E-state index contributed by atoms with van der Waals surface area (Å²) in [5, 5.41) is 2.80. The van der Waals surface area contributed by atoms with E-state index >= 15 is 0 Å². The number of amides is 2. The number of nitrogens with one attached hydrogen (secondary N) is 1. The summed E-state index contributed by atoms with van der Waals surface area (Å²) >= 11 is 5.70. The summed E-state index contributed by atoms with van der Waals surface area (Å²) in [6.45, 7) is 0.756. The van der Waals surface area contributed by atoms with Gasteiger partial charge in [-0.15, -0.1) is 0 Å². The van der Waals surface area contributed by atoms with Gasteiger partial charge in [0.1, 0.15) is 11.6 Å². The molecule has 0 bridgehead atoms. The highest BCUT2D eigenvalue weighted by atomic mass is 35.5. The van der Waals surface area contributed by atoms with Gasteiger partial charge in [0.15, 0.2) is 0 Å². The molecule has 1 fully saturated rings. The highest BCUT2D eigenvalue weighted by molar-refractivity contribution is 6.30. The van der Waals surface area contributed by atoms with Crippen LogP contribution in [0.1, 0.15) is 23.2 Å². The number of anilines is 1. The van der Waals surface area contributed by atoms with Crippen molar-refractivity contribution in [2.24, 2.45) is 5.92 Å². The lowest BCUT2D eigenvalue weighted by molar-refractivity contribution is -0.121.